The van der Waals surface area contributed by atoms with Crippen molar-refractivity contribution in [3.05, 3.63) is 60.2 Å². The lowest BCUT2D eigenvalue weighted by Crippen LogP contribution is -2.17. The van der Waals surface area contributed by atoms with Crippen molar-refractivity contribution in [1.82, 2.24) is 0 Å². The summed E-state index contributed by atoms with van der Waals surface area (Å²) in [5.74, 6) is 0.588. The third-order valence-electron chi connectivity index (χ3n) is 5.91. The summed E-state index contributed by atoms with van der Waals surface area (Å²) in [5.41, 5.74) is 0.900. The fourth-order valence-electron chi connectivity index (χ4n) is 4.02. The Bertz CT molecular complexity index is 849. The Labute approximate surface area is 202 Å². The van der Waals surface area contributed by atoms with Crippen molar-refractivity contribution < 1.29 is 16.8 Å². The minimum absolute atomic E-state index is 0.238. The fourth-order valence-corrected chi connectivity index (χ4v) is 4.79. The van der Waals surface area contributed by atoms with Crippen LogP contribution in [0.1, 0.15) is 102 Å². The summed E-state index contributed by atoms with van der Waals surface area (Å²) < 4.78 is 34.9. The van der Waals surface area contributed by atoms with Crippen LogP contribution in [0.25, 0.3) is 0 Å². The van der Waals surface area contributed by atoms with Crippen LogP contribution in [-0.4, -0.2) is 8.42 Å². The smallest absolute Gasteiger partial charge is 0.353 e. The van der Waals surface area contributed by atoms with E-state index in [0.29, 0.717) is 5.75 Å². The maximum Gasteiger partial charge on any atom is 0.500 e. The van der Waals surface area contributed by atoms with E-state index >= 15 is 0 Å². The molecule has 0 bridgehead atoms. The van der Waals surface area contributed by atoms with Gasteiger partial charge in [-0.1, -0.05) is 127 Å². The summed E-state index contributed by atoms with van der Waals surface area (Å²) in [6.07, 6.45) is 19.3. The summed E-state index contributed by atoms with van der Waals surface area (Å²) in [5, 5.41) is 0. The van der Waals surface area contributed by atoms with Gasteiger partial charge >= 0.3 is 10.4 Å². The van der Waals surface area contributed by atoms with Gasteiger partial charge in [0, 0.05) is 0 Å². The van der Waals surface area contributed by atoms with Gasteiger partial charge in [-0.15, -0.1) is 8.42 Å². The Hall–Kier alpha value is -2.01. The van der Waals surface area contributed by atoms with Crippen LogP contribution >= 0.6 is 0 Å². The molecule has 2 rings (SSSR count). The first kappa shape index (κ1) is 27.2. The summed E-state index contributed by atoms with van der Waals surface area (Å²) in [6, 6.07) is 15.7. The molecule has 0 saturated carbocycles. The lowest BCUT2D eigenvalue weighted by molar-refractivity contribution is 0.390. The van der Waals surface area contributed by atoms with Crippen molar-refractivity contribution in [1.29, 1.82) is 0 Å². The SMILES string of the molecule is CCCCCCCCCCCCCCCCc1ccccc1OS(=O)(=O)Oc1ccccc1. The molecule has 0 N–H and O–H groups in total. The Balaban J connectivity index is 1.58. The third-order valence-corrected chi connectivity index (χ3v) is 6.69. The van der Waals surface area contributed by atoms with Gasteiger partial charge < -0.3 is 8.37 Å². The minimum atomic E-state index is -4.17. The van der Waals surface area contributed by atoms with Crippen molar-refractivity contribution in [2.24, 2.45) is 0 Å². The molecule has 0 radical (unpaired) electrons. The number of hydrogen-bond donors (Lipinski definition) is 0. The molecule has 0 atom stereocenters. The van der Waals surface area contributed by atoms with Crippen molar-refractivity contribution in [3.63, 3.8) is 0 Å². The Morgan fingerprint density at radius 3 is 1.64 bits per heavy atom. The first-order valence-electron chi connectivity index (χ1n) is 12.9. The standard InChI is InChI=1S/C28H42O4S/c1-2-3-4-5-6-7-8-9-10-11-12-13-14-16-21-26-22-19-20-25-28(26)32-33(29,30)31-27-23-17-15-18-24-27/h15,17-20,22-25H,2-14,16,21H2,1H3. The van der Waals surface area contributed by atoms with E-state index in [1.165, 1.54) is 77.0 Å². The quantitative estimate of drug-likeness (QED) is 0.192. The van der Waals surface area contributed by atoms with E-state index in [-0.39, 0.29) is 5.75 Å². The van der Waals surface area contributed by atoms with Gasteiger partial charge in [0.05, 0.1) is 0 Å². The van der Waals surface area contributed by atoms with Crippen molar-refractivity contribution in [3.8, 4) is 11.5 Å². The van der Waals surface area contributed by atoms with E-state index < -0.39 is 10.4 Å². The number of para-hydroxylation sites is 2. The number of unbranched alkanes of at least 4 members (excludes halogenated alkanes) is 13. The third kappa shape index (κ3) is 12.7. The molecular formula is C28H42O4S. The summed E-state index contributed by atoms with van der Waals surface area (Å²) >= 11 is 0. The molecule has 2 aromatic rings. The molecule has 0 unspecified atom stereocenters. The van der Waals surface area contributed by atoms with Gasteiger partial charge in [-0.2, -0.15) is 0 Å². The second-order valence-electron chi connectivity index (χ2n) is 8.84. The Morgan fingerprint density at radius 1 is 0.576 bits per heavy atom. The van der Waals surface area contributed by atoms with Crippen LogP contribution in [0.15, 0.2) is 54.6 Å². The fraction of sp³-hybridized carbons (Fsp3) is 0.571. The lowest BCUT2D eigenvalue weighted by Gasteiger charge is -2.11. The van der Waals surface area contributed by atoms with Gasteiger partial charge in [-0.25, -0.2) is 0 Å². The lowest BCUT2D eigenvalue weighted by atomic mass is 10.0. The van der Waals surface area contributed by atoms with E-state index in [9.17, 15) is 8.42 Å². The maximum atomic E-state index is 12.3. The molecule has 5 heteroatoms. The topological polar surface area (TPSA) is 52.6 Å². The zero-order valence-corrected chi connectivity index (χ0v) is 21.2. The largest absolute Gasteiger partial charge is 0.500 e. The highest BCUT2D eigenvalue weighted by Crippen LogP contribution is 2.24. The van der Waals surface area contributed by atoms with Crippen LogP contribution in [0.3, 0.4) is 0 Å². The number of aryl methyl sites for hydroxylation is 1. The van der Waals surface area contributed by atoms with Gasteiger partial charge in [0.25, 0.3) is 0 Å². The highest BCUT2D eigenvalue weighted by molar-refractivity contribution is 7.82. The molecule has 0 amide bonds. The molecule has 4 nitrogen and oxygen atoms in total. The maximum absolute atomic E-state index is 12.3. The number of hydrogen-bond acceptors (Lipinski definition) is 4. The van der Waals surface area contributed by atoms with Gasteiger partial charge in [-0.3, -0.25) is 0 Å². The molecular weight excluding hydrogens is 432 g/mol. The average molecular weight is 475 g/mol. The number of rotatable bonds is 19. The van der Waals surface area contributed by atoms with Crippen LogP contribution < -0.4 is 8.37 Å². The molecule has 0 aliphatic rings. The van der Waals surface area contributed by atoms with Gasteiger partial charge in [-0.05, 0) is 36.6 Å². The molecule has 0 saturated heterocycles. The second kappa shape index (κ2) is 16.6. The van der Waals surface area contributed by atoms with E-state index in [4.69, 9.17) is 8.37 Å². The Kier molecular flexibility index (Phi) is 13.7. The van der Waals surface area contributed by atoms with Crippen LogP contribution in [0.2, 0.25) is 0 Å². The zero-order valence-electron chi connectivity index (χ0n) is 20.3. The molecule has 2 aromatic carbocycles. The summed E-state index contributed by atoms with van der Waals surface area (Å²) in [7, 11) is -4.17. The highest BCUT2D eigenvalue weighted by atomic mass is 32.3. The second-order valence-corrected chi connectivity index (χ2v) is 9.99. The first-order valence-corrected chi connectivity index (χ1v) is 14.2. The van der Waals surface area contributed by atoms with Gasteiger partial charge in [0.1, 0.15) is 11.5 Å². The minimum Gasteiger partial charge on any atom is -0.353 e. The number of benzene rings is 2. The molecule has 0 aliphatic heterocycles. The molecule has 0 heterocycles. The average Bonchev–Trinajstić information content (AvgIpc) is 2.80. The molecule has 0 aliphatic carbocycles. The van der Waals surface area contributed by atoms with E-state index in [2.05, 4.69) is 6.92 Å². The highest BCUT2D eigenvalue weighted by Gasteiger charge is 2.17. The van der Waals surface area contributed by atoms with E-state index in [1.807, 2.05) is 12.1 Å². The normalized spacial score (nSPS) is 11.4. The summed E-state index contributed by atoms with van der Waals surface area (Å²) in [6.45, 7) is 2.27. The first-order chi connectivity index (χ1) is 16.1. The molecule has 33 heavy (non-hydrogen) atoms. The molecule has 184 valence electrons. The van der Waals surface area contributed by atoms with Crippen LogP contribution in [0, 0.1) is 0 Å². The predicted octanol–water partition coefficient (Wildman–Crippen LogP) is 8.41. The summed E-state index contributed by atoms with van der Waals surface area (Å²) in [4.78, 5) is 0. The van der Waals surface area contributed by atoms with Crippen molar-refractivity contribution >= 4 is 10.4 Å². The zero-order chi connectivity index (χ0) is 23.6. The van der Waals surface area contributed by atoms with Crippen molar-refractivity contribution in [2.45, 2.75) is 103 Å². The van der Waals surface area contributed by atoms with Crippen molar-refractivity contribution in [2.75, 3.05) is 0 Å². The van der Waals surface area contributed by atoms with E-state index in [1.54, 1.807) is 42.5 Å². The van der Waals surface area contributed by atoms with E-state index in [0.717, 1.165) is 24.8 Å². The monoisotopic (exact) mass is 474 g/mol. The molecule has 0 aromatic heterocycles. The van der Waals surface area contributed by atoms with Crippen LogP contribution in [0.5, 0.6) is 11.5 Å². The van der Waals surface area contributed by atoms with Gasteiger partial charge in [0.15, 0.2) is 0 Å². The Morgan fingerprint density at radius 2 is 1.06 bits per heavy atom. The van der Waals surface area contributed by atoms with Crippen LogP contribution in [-0.2, 0) is 16.8 Å². The predicted molar refractivity (Wildman–Crippen MR) is 137 cm³/mol. The van der Waals surface area contributed by atoms with Crippen LogP contribution in [0.4, 0.5) is 0 Å². The molecule has 0 spiro atoms. The molecule has 0 fully saturated rings. The van der Waals surface area contributed by atoms with Gasteiger partial charge in [0.2, 0.25) is 0 Å².